The Morgan fingerprint density at radius 2 is 1.39 bits per heavy atom. The minimum absolute atomic E-state index is 0.232. The molecule has 2 aromatic rings. The van der Waals surface area contributed by atoms with E-state index >= 15 is 0 Å². The zero-order chi connectivity index (χ0) is 12.8. The van der Waals surface area contributed by atoms with Crippen molar-refractivity contribution in [3.05, 3.63) is 42.5 Å². The van der Waals surface area contributed by atoms with Crippen LogP contribution in [0.4, 0.5) is 0 Å². The molecule has 1 aliphatic rings. The Bertz CT molecular complexity index is 721. The highest BCUT2D eigenvalue weighted by Gasteiger charge is 2.21. The van der Waals surface area contributed by atoms with Crippen molar-refractivity contribution in [3.8, 4) is 23.0 Å². The van der Waals surface area contributed by atoms with Crippen molar-refractivity contribution in [2.24, 2.45) is 0 Å². The summed E-state index contributed by atoms with van der Waals surface area (Å²) >= 11 is 0. The molecule has 2 aromatic carbocycles. The fraction of sp³-hybridized carbons (Fsp3) is 0. The van der Waals surface area contributed by atoms with E-state index in [0.717, 1.165) is 0 Å². The molecular formula is C12H8O5S. The summed E-state index contributed by atoms with van der Waals surface area (Å²) in [6, 6.07) is 11.0. The summed E-state index contributed by atoms with van der Waals surface area (Å²) in [5.41, 5.74) is 0. The van der Waals surface area contributed by atoms with Crippen molar-refractivity contribution in [2.75, 3.05) is 0 Å². The molecule has 0 fully saturated rings. The third-order valence-corrected chi connectivity index (χ3v) is 3.35. The van der Waals surface area contributed by atoms with Crippen LogP contribution in [0.3, 0.4) is 0 Å². The standard InChI is InChI=1S/C12H8O5S/c13-18(14,15)8-5-6-11-12(7-8)17-10-4-2-1-3-9(10)16-11/h1-7H,(H,13,14,15). The Labute approximate surface area is 103 Å². The summed E-state index contributed by atoms with van der Waals surface area (Å²) in [6.07, 6.45) is 0. The van der Waals surface area contributed by atoms with Crippen LogP contribution in [0.25, 0.3) is 0 Å². The predicted molar refractivity (Wildman–Crippen MR) is 62.8 cm³/mol. The SMILES string of the molecule is O=S(=O)(O)c1ccc2c(c1)Oc1ccccc1O2. The van der Waals surface area contributed by atoms with Gasteiger partial charge in [0.1, 0.15) is 0 Å². The Morgan fingerprint density at radius 1 is 0.833 bits per heavy atom. The molecular weight excluding hydrogens is 256 g/mol. The molecule has 92 valence electrons. The molecule has 0 aliphatic carbocycles. The number of hydrogen-bond donors (Lipinski definition) is 1. The first-order valence-electron chi connectivity index (χ1n) is 5.10. The molecule has 1 N–H and O–H groups in total. The van der Waals surface area contributed by atoms with Gasteiger partial charge in [-0.1, -0.05) is 12.1 Å². The van der Waals surface area contributed by atoms with Crippen LogP contribution in [0.15, 0.2) is 47.4 Å². The van der Waals surface area contributed by atoms with Gasteiger partial charge < -0.3 is 9.47 Å². The van der Waals surface area contributed by atoms with E-state index in [2.05, 4.69) is 0 Å². The molecule has 0 radical (unpaired) electrons. The summed E-state index contributed by atoms with van der Waals surface area (Å²) in [6.45, 7) is 0. The summed E-state index contributed by atoms with van der Waals surface area (Å²) in [5, 5.41) is 0. The third-order valence-electron chi connectivity index (χ3n) is 2.50. The van der Waals surface area contributed by atoms with Gasteiger partial charge >= 0.3 is 0 Å². The van der Waals surface area contributed by atoms with E-state index in [0.29, 0.717) is 17.2 Å². The number of ether oxygens (including phenoxy) is 2. The largest absolute Gasteiger partial charge is 0.450 e. The number of fused-ring (bicyclic) bond motifs is 2. The summed E-state index contributed by atoms with van der Waals surface area (Å²) < 4.78 is 42.1. The topological polar surface area (TPSA) is 72.8 Å². The smallest absolute Gasteiger partial charge is 0.294 e. The lowest BCUT2D eigenvalue weighted by molar-refractivity contribution is 0.358. The molecule has 6 heteroatoms. The van der Waals surface area contributed by atoms with Gasteiger partial charge in [0.15, 0.2) is 23.0 Å². The van der Waals surface area contributed by atoms with Crippen molar-refractivity contribution >= 4 is 10.1 Å². The lowest BCUT2D eigenvalue weighted by atomic mass is 10.2. The minimum Gasteiger partial charge on any atom is -0.450 e. The van der Waals surface area contributed by atoms with Gasteiger partial charge in [-0.05, 0) is 24.3 Å². The maximum Gasteiger partial charge on any atom is 0.294 e. The van der Waals surface area contributed by atoms with Crippen molar-refractivity contribution in [1.29, 1.82) is 0 Å². The van der Waals surface area contributed by atoms with E-state index in [-0.39, 0.29) is 10.6 Å². The molecule has 5 nitrogen and oxygen atoms in total. The highest BCUT2D eigenvalue weighted by molar-refractivity contribution is 7.85. The van der Waals surface area contributed by atoms with Crippen LogP contribution in [-0.2, 0) is 10.1 Å². The zero-order valence-electron chi connectivity index (χ0n) is 9.03. The number of benzene rings is 2. The first-order chi connectivity index (χ1) is 8.54. The first-order valence-corrected chi connectivity index (χ1v) is 6.54. The third kappa shape index (κ3) is 1.81. The molecule has 0 bridgehead atoms. The average Bonchev–Trinajstić information content (AvgIpc) is 2.34. The Morgan fingerprint density at radius 3 is 2.00 bits per heavy atom. The molecule has 0 unspecified atom stereocenters. The van der Waals surface area contributed by atoms with Crippen molar-refractivity contribution < 1.29 is 22.4 Å². The van der Waals surface area contributed by atoms with Crippen LogP contribution in [0.2, 0.25) is 0 Å². The van der Waals surface area contributed by atoms with Crippen LogP contribution in [0.5, 0.6) is 23.0 Å². The van der Waals surface area contributed by atoms with Gasteiger partial charge in [-0.2, -0.15) is 8.42 Å². The predicted octanol–water partition coefficient (Wildman–Crippen LogP) is 2.83. The van der Waals surface area contributed by atoms with E-state index < -0.39 is 10.1 Å². The zero-order valence-corrected chi connectivity index (χ0v) is 9.85. The number of para-hydroxylation sites is 2. The summed E-state index contributed by atoms with van der Waals surface area (Å²) in [5.74, 6) is 1.71. The number of rotatable bonds is 1. The van der Waals surface area contributed by atoms with Crippen molar-refractivity contribution in [1.82, 2.24) is 0 Å². The van der Waals surface area contributed by atoms with Crippen LogP contribution < -0.4 is 9.47 Å². The second-order valence-electron chi connectivity index (χ2n) is 3.73. The normalized spacial score (nSPS) is 12.9. The lowest BCUT2D eigenvalue weighted by Crippen LogP contribution is -2.02. The molecule has 0 aromatic heterocycles. The van der Waals surface area contributed by atoms with Crippen molar-refractivity contribution in [2.45, 2.75) is 4.90 Å². The van der Waals surface area contributed by atoms with Gasteiger partial charge in [-0.15, -0.1) is 0 Å². The second kappa shape index (κ2) is 3.72. The first kappa shape index (κ1) is 11.1. The molecule has 0 atom stereocenters. The molecule has 0 amide bonds. The summed E-state index contributed by atoms with van der Waals surface area (Å²) in [7, 11) is -4.25. The van der Waals surface area contributed by atoms with E-state index in [9.17, 15) is 8.42 Å². The highest BCUT2D eigenvalue weighted by Crippen LogP contribution is 2.45. The van der Waals surface area contributed by atoms with Crippen LogP contribution >= 0.6 is 0 Å². The fourth-order valence-corrected chi connectivity index (χ4v) is 2.16. The molecule has 3 rings (SSSR count). The fourth-order valence-electron chi connectivity index (χ4n) is 1.67. The minimum atomic E-state index is -4.25. The molecule has 0 saturated heterocycles. The Balaban J connectivity index is 2.09. The van der Waals surface area contributed by atoms with Gasteiger partial charge in [0, 0.05) is 6.07 Å². The lowest BCUT2D eigenvalue weighted by Gasteiger charge is -2.20. The van der Waals surface area contributed by atoms with Gasteiger partial charge in [0.25, 0.3) is 10.1 Å². The van der Waals surface area contributed by atoms with Crippen molar-refractivity contribution in [3.63, 3.8) is 0 Å². The maximum atomic E-state index is 11.0. The summed E-state index contributed by atoms with van der Waals surface area (Å²) in [4.78, 5) is -0.232. The Hall–Kier alpha value is -2.05. The van der Waals surface area contributed by atoms with E-state index in [1.807, 2.05) is 0 Å². The highest BCUT2D eigenvalue weighted by atomic mass is 32.2. The van der Waals surface area contributed by atoms with E-state index in [1.54, 1.807) is 24.3 Å². The molecule has 1 aliphatic heterocycles. The van der Waals surface area contributed by atoms with E-state index in [4.69, 9.17) is 14.0 Å². The number of hydrogen-bond acceptors (Lipinski definition) is 4. The monoisotopic (exact) mass is 264 g/mol. The van der Waals surface area contributed by atoms with Crippen LogP contribution in [0.1, 0.15) is 0 Å². The van der Waals surface area contributed by atoms with Crippen LogP contribution in [0, 0.1) is 0 Å². The quantitative estimate of drug-likeness (QED) is 0.684. The molecule has 1 heterocycles. The van der Waals surface area contributed by atoms with Gasteiger partial charge in [0.2, 0.25) is 0 Å². The average molecular weight is 264 g/mol. The second-order valence-corrected chi connectivity index (χ2v) is 5.16. The Kier molecular flexibility index (Phi) is 2.29. The van der Waals surface area contributed by atoms with E-state index in [1.165, 1.54) is 18.2 Å². The van der Waals surface area contributed by atoms with Gasteiger partial charge in [-0.25, -0.2) is 0 Å². The maximum absolute atomic E-state index is 11.0. The van der Waals surface area contributed by atoms with Gasteiger partial charge in [-0.3, -0.25) is 4.55 Å². The van der Waals surface area contributed by atoms with Gasteiger partial charge in [0.05, 0.1) is 4.90 Å². The molecule has 0 saturated carbocycles. The molecule has 0 spiro atoms. The molecule has 18 heavy (non-hydrogen) atoms. The van der Waals surface area contributed by atoms with Crippen LogP contribution in [-0.4, -0.2) is 13.0 Å².